The number of pyridine rings is 1. The zero-order chi connectivity index (χ0) is 22.3. The predicted molar refractivity (Wildman–Crippen MR) is 131 cm³/mol. The fourth-order valence-corrected chi connectivity index (χ4v) is 4.09. The van der Waals surface area contributed by atoms with Gasteiger partial charge in [-0.25, -0.2) is 0 Å². The summed E-state index contributed by atoms with van der Waals surface area (Å²) in [7, 11) is 0. The number of carbonyl (C=O) groups is 1. The smallest absolute Gasteiger partial charge is 0.255 e. The highest BCUT2D eigenvalue weighted by atomic mass is 16.1. The van der Waals surface area contributed by atoms with E-state index in [4.69, 9.17) is 10.7 Å². The average molecular weight is 430 g/mol. The zero-order valence-corrected chi connectivity index (χ0v) is 18.6. The number of aromatic nitrogens is 1. The molecule has 4 rings (SSSR count). The lowest BCUT2D eigenvalue weighted by molar-refractivity contribution is 0.102. The minimum absolute atomic E-state index is 0.186. The number of nitrogens with two attached hydrogens (primary N) is 1. The van der Waals surface area contributed by atoms with E-state index < -0.39 is 0 Å². The molecule has 6 heteroatoms. The average Bonchev–Trinajstić information content (AvgIpc) is 3.32. The standard InChI is InChI=1S/C26H31N5O/c1-19-16-20(17-28-12-15-31-13-4-5-14-31)18-29-25(19)21-8-10-22(11-9-21)26(32)30-24-7-3-2-6-23(24)27/h2-3,6-11,16,18,28H,4-5,12-15,17,27H2,1H3,(H,30,32). The van der Waals surface area contributed by atoms with E-state index in [0.717, 1.165) is 36.5 Å². The van der Waals surface area contributed by atoms with E-state index in [2.05, 4.69) is 28.5 Å². The molecule has 3 aromatic rings. The van der Waals surface area contributed by atoms with E-state index >= 15 is 0 Å². The summed E-state index contributed by atoms with van der Waals surface area (Å²) in [5, 5.41) is 6.38. The van der Waals surface area contributed by atoms with Crippen LogP contribution in [0.2, 0.25) is 0 Å². The van der Waals surface area contributed by atoms with E-state index in [0.29, 0.717) is 16.9 Å². The zero-order valence-electron chi connectivity index (χ0n) is 18.6. The summed E-state index contributed by atoms with van der Waals surface area (Å²) < 4.78 is 0. The van der Waals surface area contributed by atoms with Gasteiger partial charge in [-0.3, -0.25) is 9.78 Å². The van der Waals surface area contributed by atoms with Gasteiger partial charge in [-0.15, -0.1) is 0 Å². The molecule has 0 spiro atoms. The number of rotatable bonds is 8. The number of likely N-dealkylation sites (tertiary alicyclic amines) is 1. The van der Waals surface area contributed by atoms with Crippen molar-refractivity contribution in [3.63, 3.8) is 0 Å². The van der Waals surface area contributed by atoms with Gasteiger partial charge in [0.2, 0.25) is 0 Å². The Hall–Kier alpha value is -3.22. The van der Waals surface area contributed by atoms with Crippen LogP contribution in [-0.2, 0) is 6.54 Å². The molecule has 1 amide bonds. The maximum atomic E-state index is 12.5. The first-order valence-electron chi connectivity index (χ1n) is 11.2. The Kier molecular flexibility index (Phi) is 7.14. The Morgan fingerprint density at radius 1 is 1.09 bits per heavy atom. The van der Waals surface area contributed by atoms with Gasteiger partial charge in [-0.05, 0) is 68.2 Å². The highest BCUT2D eigenvalue weighted by molar-refractivity contribution is 6.05. The second-order valence-corrected chi connectivity index (χ2v) is 8.35. The number of benzene rings is 2. The molecule has 1 saturated heterocycles. The van der Waals surface area contributed by atoms with Crippen LogP contribution >= 0.6 is 0 Å². The highest BCUT2D eigenvalue weighted by Gasteiger charge is 2.11. The molecule has 0 saturated carbocycles. The molecular weight excluding hydrogens is 398 g/mol. The van der Waals surface area contributed by atoms with Crippen LogP contribution in [0.5, 0.6) is 0 Å². The van der Waals surface area contributed by atoms with Crippen molar-refractivity contribution < 1.29 is 4.79 Å². The Labute approximate surface area is 189 Å². The lowest BCUT2D eigenvalue weighted by atomic mass is 10.0. The molecule has 1 aliphatic rings. The van der Waals surface area contributed by atoms with Gasteiger partial charge in [0.05, 0.1) is 17.1 Å². The third-order valence-corrected chi connectivity index (χ3v) is 5.90. The maximum absolute atomic E-state index is 12.5. The fourth-order valence-electron chi connectivity index (χ4n) is 4.09. The molecule has 1 fully saturated rings. The van der Waals surface area contributed by atoms with E-state index in [1.54, 1.807) is 12.1 Å². The number of aryl methyl sites for hydroxylation is 1. The summed E-state index contributed by atoms with van der Waals surface area (Å²) in [6.07, 6.45) is 4.60. The van der Waals surface area contributed by atoms with Crippen LogP contribution in [0.25, 0.3) is 11.3 Å². The molecular formula is C26H31N5O. The molecule has 32 heavy (non-hydrogen) atoms. The van der Waals surface area contributed by atoms with Crippen molar-refractivity contribution in [2.45, 2.75) is 26.3 Å². The maximum Gasteiger partial charge on any atom is 0.255 e. The molecule has 0 aliphatic carbocycles. The van der Waals surface area contributed by atoms with Gasteiger partial charge in [-0.1, -0.05) is 30.3 Å². The van der Waals surface area contributed by atoms with Crippen LogP contribution in [0, 0.1) is 6.92 Å². The third-order valence-electron chi connectivity index (χ3n) is 5.90. The highest BCUT2D eigenvalue weighted by Crippen LogP contribution is 2.23. The van der Waals surface area contributed by atoms with Crippen molar-refractivity contribution in [3.05, 3.63) is 77.5 Å². The lowest BCUT2D eigenvalue weighted by Crippen LogP contribution is -2.29. The first kappa shape index (κ1) is 22.0. The largest absolute Gasteiger partial charge is 0.397 e. The fraction of sp³-hybridized carbons (Fsp3) is 0.308. The number of carbonyl (C=O) groups excluding carboxylic acids is 1. The van der Waals surface area contributed by atoms with Crippen LogP contribution in [-0.4, -0.2) is 42.0 Å². The topological polar surface area (TPSA) is 83.3 Å². The number of nitrogens with one attached hydrogen (secondary N) is 2. The summed E-state index contributed by atoms with van der Waals surface area (Å²) in [5.41, 5.74) is 11.9. The summed E-state index contributed by atoms with van der Waals surface area (Å²) in [5.74, 6) is -0.186. The quantitative estimate of drug-likeness (QED) is 0.371. The summed E-state index contributed by atoms with van der Waals surface area (Å²) >= 11 is 0. The Bertz CT molecular complexity index is 1060. The first-order chi connectivity index (χ1) is 15.6. The minimum Gasteiger partial charge on any atom is -0.397 e. The number of para-hydroxylation sites is 2. The lowest BCUT2D eigenvalue weighted by Gasteiger charge is -2.15. The first-order valence-corrected chi connectivity index (χ1v) is 11.2. The van der Waals surface area contributed by atoms with Crippen molar-refractivity contribution in [2.24, 2.45) is 0 Å². The molecule has 2 aromatic carbocycles. The normalized spacial score (nSPS) is 13.9. The second kappa shape index (κ2) is 10.4. The van der Waals surface area contributed by atoms with Gasteiger partial charge in [0.15, 0.2) is 0 Å². The van der Waals surface area contributed by atoms with E-state index in [9.17, 15) is 4.79 Å². The van der Waals surface area contributed by atoms with Gasteiger partial charge in [0.1, 0.15) is 0 Å². The number of nitrogen functional groups attached to an aromatic ring is 1. The molecule has 0 atom stereocenters. The van der Waals surface area contributed by atoms with Gasteiger partial charge >= 0.3 is 0 Å². The van der Waals surface area contributed by atoms with Crippen LogP contribution in [0.4, 0.5) is 11.4 Å². The SMILES string of the molecule is Cc1cc(CNCCN2CCCC2)cnc1-c1ccc(C(=O)Nc2ccccc2N)cc1. The van der Waals surface area contributed by atoms with Crippen molar-refractivity contribution in [3.8, 4) is 11.3 Å². The van der Waals surface area contributed by atoms with E-state index in [1.807, 2.05) is 42.6 Å². The molecule has 2 heterocycles. The number of amides is 1. The second-order valence-electron chi connectivity index (χ2n) is 8.35. The van der Waals surface area contributed by atoms with Crippen molar-refractivity contribution in [1.82, 2.24) is 15.2 Å². The van der Waals surface area contributed by atoms with Gasteiger partial charge in [-0.2, -0.15) is 0 Å². The summed E-state index contributed by atoms with van der Waals surface area (Å²) in [4.78, 5) is 19.7. The van der Waals surface area contributed by atoms with Gasteiger partial charge < -0.3 is 21.3 Å². The molecule has 166 valence electrons. The van der Waals surface area contributed by atoms with E-state index in [1.165, 1.54) is 31.5 Å². The summed E-state index contributed by atoms with van der Waals surface area (Å²) in [6, 6.07) is 16.9. The number of hydrogen-bond acceptors (Lipinski definition) is 5. The summed E-state index contributed by atoms with van der Waals surface area (Å²) in [6.45, 7) is 7.48. The molecule has 1 aromatic heterocycles. The molecule has 0 radical (unpaired) electrons. The molecule has 0 bridgehead atoms. The number of anilines is 2. The molecule has 6 nitrogen and oxygen atoms in total. The Morgan fingerprint density at radius 3 is 2.56 bits per heavy atom. The van der Waals surface area contributed by atoms with Gasteiger partial charge in [0.25, 0.3) is 5.91 Å². The third kappa shape index (κ3) is 5.52. The molecule has 0 unspecified atom stereocenters. The van der Waals surface area contributed by atoms with Gasteiger partial charge in [0, 0.05) is 37.0 Å². The Balaban J connectivity index is 1.34. The minimum atomic E-state index is -0.186. The number of nitrogens with zero attached hydrogens (tertiary/aromatic N) is 2. The number of hydrogen-bond donors (Lipinski definition) is 3. The van der Waals surface area contributed by atoms with Crippen molar-refractivity contribution in [2.75, 3.05) is 37.2 Å². The molecule has 1 aliphatic heterocycles. The molecule has 4 N–H and O–H groups in total. The van der Waals surface area contributed by atoms with Crippen molar-refractivity contribution in [1.29, 1.82) is 0 Å². The van der Waals surface area contributed by atoms with Crippen LogP contribution < -0.4 is 16.4 Å². The van der Waals surface area contributed by atoms with Crippen molar-refractivity contribution >= 4 is 17.3 Å². The van der Waals surface area contributed by atoms with E-state index in [-0.39, 0.29) is 5.91 Å². The van der Waals surface area contributed by atoms with Crippen LogP contribution in [0.1, 0.15) is 34.3 Å². The monoisotopic (exact) mass is 429 g/mol. The predicted octanol–water partition coefficient (Wildman–Crippen LogP) is 4.08. The van der Waals surface area contributed by atoms with Crippen LogP contribution in [0.15, 0.2) is 60.8 Å². The Morgan fingerprint density at radius 2 is 1.84 bits per heavy atom. The van der Waals surface area contributed by atoms with Crippen LogP contribution in [0.3, 0.4) is 0 Å².